The number of phosphoric acid groups is 3. The van der Waals surface area contributed by atoms with E-state index >= 15 is 0 Å². The number of hydrogen-bond donors (Lipinski definition) is 8. The Hall–Kier alpha value is -2.35. The molecule has 24 nitrogen and oxygen atoms in total. The molecule has 1 aromatic rings. The highest BCUT2D eigenvalue weighted by Gasteiger charge is 2.59. The molecule has 6 fully saturated rings. The molecule has 6 aliphatic heterocycles. The van der Waals surface area contributed by atoms with Gasteiger partial charge in [-0.1, -0.05) is 55.0 Å². The molecule has 6 aliphatic rings. The molecule has 424 valence electrons. The molecule has 1 aromatic heterocycles. The van der Waals surface area contributed by atoms with Gasteiger partial charge in [0.2, 0.25) is 0 Å². The summed E-state index contributed by atoms with van der Waals surface area (Å²) < 4.78 is 95.6. The molecule has 20 atom stereocenters. The van der Waals surface area contributed by atoms with Gasteiger partial charge in [-0.15, -0.1) is 0 Å². The van der Waals surface area contributed by atoms with Crippen molar-refractivity contribution < 1.29 is 94.9 Å². The van der Waals surface area contributed by atoms with Gasteiger partial charge in [0.05, 0.1) is 78.8 Å². The van der Waals surface area contributed by atoms with E-state index in [-0.39, 0.29) is 42.5 Å². The zero-order valence-electron chi connectivity index (χ0n) is 43.1. The zero-order valence-corrected chi connectivity index (χ0v) is 45.8. The second-order valence-electron chi connectivity index (χ2n) is 21.3. The number of rotatable bonds is 19. The second-order valence-corrected chi connectivity index (χ2v) is 26.0. The molecule has 0 amide bonds. The van der Waals surface area contributed by atoms with Crippen LogP contribution in [0, 0.1) is 5.92 Å². The van der Waals surface area contributed by atoms with Crippen molar-refractivity contribution in [3.8, 4) is 0 Å². The number of aromatic amines is 1. The third-order valence-corrected chi connectivity index (χ3v) is 19.7. The van der Waals surface area contributed by atoms with Gasteiger partial charge < -0.3 is 63.5 Å². The molecule has 0 aromatic carbocycles. The van der Waals surface area contributed by atoms with Crippen molar-refractivity contribution in [2.45, 2.75) is 208 Å². The Bertz CT molecular complexity index is 2540. The van der Waals surface area contributed by atoms with E-state index in [1.165, 1.54) is 6.08 Å². The largest absolute Gasteiger partial charge is 0.490 e. The number of phosphoric ester groups is 2. The van der Waals surface area contributed by atoms with Crippen LogP contribution in [-0.4, -0.2) is 148 Å². The first-order valence-corrected chi connectivity index (χ1v) is 29.9. The lowest BCUT2D eigenvalue weighted by Crippen LogP contribution is -2.59. The molecule has 6 saturated heterocycles. The summed E-state index contributed by atoms with van der Waals surface area (Å²) in [6, 6.07) is 0.937. The molecule has 0 radical (unpaired) electrons. The number of nitrogens with zero attached hydrogens (tertiary/aromatic N) is 1. The van der Waals surface area contributed by atoms with E-state index in [9.17, 15) is 58.4 Å². The number of aromatic nitrogens is 2. The fraction of sp³-hybridized carbons (Fsp3) is 0.750. The van der Waals surface area contributed by atoms with E-state index in [0.29, 0.717) is 69.8 Å². The Morgan fingerprint density at radius 1 is 0.813 bits per heavy atom. The highest BCUT2D eigenvalue weighted by atomic mass is 31.3. The minimum Gasteiger partial charge on any atom is -0.390 e. The number of fused-ring (bicyclic) bond motifs is 4. The topological polar surface area (TPSA) is 340 Å². The molecule has 27 heteroatoms. The van der Waals surface area contributed by atoms with Crippen LogP contribution in [0.4, 0.5) is 0 Å². The quantitative estimate of drug-likeness (QED) is 0.0680. The SMILES string of the molecule is C=C/C=C\CCC1OC2CCC3(C)OC4C(O)CC5(C)OC(CC/C=C(C)/C(C)=C/COP(=O)(O)OP(=O)(O)OP(=O)(O)OCC6OC(n7ccc(=O)[nH]c7=O)C(O)C6O)C(C)CC5OC4CC3OC2CCC1(C)O. The van der Waals surface area contributed by atoms with Crippen molar-refractivity contribution in [1.29, 1.82) is 0 Å². The van der Waals surface area contributed by atoms with Gasteiger partial charge in [-0.05, 0) is 98.3 Å². The maximum Gasteiger partial charge on any atom is 0.490 e. The van der Waals surface area contributed by atoms with Crippen LogP contribution in [0.15, 0.2) is 70.0 Å². The molecule has 0 aliphatic carbocycles. The van der Waals surface area contributed by atoms with Crippen molar-refractivity contribution in [3.05, 3.63) is 81.2 Å². The number of aliphatic hydroxyl groups excluding tert-OH is 3. The molecule has 7 rings (SSSR count). The van der Waals surface area contributed by atoms with Gasteiger partial charge in [0, 0.05) is 25.1 Å². The normalized spacial score (nSPS) is 41.1. The minimum atomic E-state index is -5.86. The molecule has 8 N–H and O–H groups in total. The Kier molecular flexibility index (Phi) is 19.4. The number of ether oxygens (including phenoxy) is 6. The molecular weight excluding hydrogens is 1050 g/mol. The number of hydrogen-bond acceptors (Lipinski definition) is 19. The molecule has 0 spiro atoms. The lowest BCUT2D eigenvalue weighted by atomic mass is 9.79. The van der Waals surface area contributed by atoms with Crippen LogP contribution in [0.2, 0.25) is 0 Å². The predicted molar refractivity (Wildman–Crippen MR) is 267 cm³/mol. The third-order valence-electron chi connectivity index (χ3n) is 15.5. The first-order chi connectivity index (χ1) is 35.0. The monoisotopic (exact) mass is 1120 g/mol. The van der Waals surface area contributed by atoms with Gasteiger partial charge in [0.25, 0.3) is 5.56 Å². The standard InChI is InChI=1S/C48H75N2O22P3/c1-8-9-10-11-15-37-46(5,56)20-16-33-34(65-37)17-21-47(6)39(66-33)25-35-43(70-47)31(51)26-48(7)38(67-35)24-30(4)32(69-48)14-12-13-28(2)29(3)19-23-63-73(57,58)71-75(61,62)72-74(59,60)64-27-36-41(53)42(54)44(68-36)50-22-18-40(52)49-45(50)55/h8-10,13,18-19,22,30-39,41-44,51,53-54,56H,1,11-12,14-17,20-21,23-27H2,2-7H3,(H,57,58)(H,59,60)(H,61,62)(H,49,52,55)/b10-9-,28-13+,29-19+. The molecule has 0 saturated carbocycles. The Morgan fingerprint density at radius 3 is 2.17 bits per heavy atom. The van der Waals surface area contributed by atoms with E-state index in [1.54, 1.807) is 13.0 Å². The maximum absolute atomic E-state index is 12.6. The number of H-pyrrole nitrogens is 1. The van der Waals surface area contributed by atoms with Crippen LogP contribution < -0.4 is 11.2 Å². The number of allylic oxidation sites excluding steroid dienone is 6. The number of nitrogens with one attached hydrogen (secondary N) is 1. The van der Waals surface area contributed by atoms with Crippen LogP contribution in [0.5, 0.6) is 0 Å². The predicted octanol–water partition coefficient (Wildman–Crippen LogP) is 4.81. The summed E-state index contributed by atoms with van der Waals surface area (Å²) in [5, 5.41) is 44.0. The van der Waals surface area contributed by atoms with E-state index in [0.717, 1.165) is 28.8 Å². The van der Waals surface area contributed by atoms with Crippen LogP contribution >= 0.6 is 23.5 Å². The fourth-order valence-corrected chi connectivity index (χ4v) is 14.5. The van der Waals surface area contributed by atoms with Gasteiger partial charge >= 0.3 is 29.2 Å². The smallest absolute Gasteiger partial charge is 0.390 e. The summed E-state index contributed by atoms with van der Waals surface area (Å²) in [4.78, 5) is 55.7. The van der Waals surface area contributed by atoms with Crippen molar-refractivity contribution in [3.63, 3.8) is 0 Å². The average molecular weight is 1130 g/mol. The van der Waals surface area contributed by atoms with Gasteiger partial charge in [0.1, 0.15) is 24.4 Å². The van der Waals surface area contributed by atoms with Gasteiger partial charge in [0.15, 0.2) is 6.23 Å². The van der Waals surface area contributed by atoms with E-state index in [1.807, 2.05) is 44.0 Å². The fourth-order valence-electron chi connectivity index (χ4n) is 11.0. The summed E-state index contributed by atoms with van der Waals surface area (Å²) >= 11 is 0. The lowest BCUT2D eigenvalue weighted by Gasteiger charge is -2.49. The van der Waals surface area contributed by atoms with Crippen molar-refractivity contribution in [2.75, 3.05) is 13.2 Å². The highest BCUT2D eigenvalue weighted by Crippen LogP contribution is 2.68. The van der Waals surface area contributed by atoms with Gasteiger partial charge in [-0.2, -0.15) is 8.62 Å². The maximum atomic E-state index is 12.6. The summed E-state index contributed by atoms with van der Waals surface area (Å²) in [6.07, 6.45) is 6.29. The molecular formula is C48H75N2O22P3. The van der Waals surface area contributed by atoms with Crippen LogP contribution in [-0.2, 0) is 59.8 Å². The molecule has 75 heavy (non-hydrogen) atoms. The summed E-state index contributed by atoms with van der Waals surface area (Å²) in [5.74, 6) is 0.0897. The minimum absolute atomic E-state index is 0.0897. The lowest BCUT2D eigenvalue weighted by molar-refractivity contribution is -0.273. The Morgan fingerprint density at radius 2 is 1.47 bits per heavy atom. The third kappa shape index (κ3) is 14.9. The van der Waals surface area contributed by atoms with E-state index in [4.69, 9.17) is 32.9 Å². The van der Waals surface area contributed by atoms with Crippen LogP contribution in [0.25, 0.3) is 0 Å². The summed E-state index contributed by atoms with van der Waals surface area (Å²) in [6.45, 7) is 13.6. The van der Waals surface area contributed by atoms with Crippen LogP contribution in [0.3, 0.4) is 0 Å². The van der Waals surface area contributed by atoms with Crippen molar-refractivity contribution in [2.24, 2.45) is 5.92 Å². The van der Waals surface area contributed by atoms with Crippen molar-refractivity contribution in [1.82, 2.24) is 9.55 Å². The molecule has 20 unspecified atom stereocenters. The average Bonchev–Trinajstić information content (AvgIpc) is 3.37. The number of aliphatic hydroxyl groups is 4. The summed E-state index contributed by atoms with van der Waals surface area (Å²) in [5.41, 5.74) is -2.88. The zero-order chi connectivity index (χ0) is 54.9. The van der Waals surface area contributed by atoms with E-state index in [2.05, 4.69) is 33.6 Å². The first kappa shape index (κ1) is 60.3. The van der Waals surface area contributed by atoms with Crippen molar-refractivity contribution >= 4 is 23.5 Å². The highest BCUT2D eigenvalue weighted by molar-refractivity contribution is 7.66. The second kappa shape index (κ2) is 24.2. The van der Waals surface area contributed by atoms with Gasteiger partial charge in [-0.3, -0.25) is 23.4 Å². The Labute approximate surface area is 435 Å². The van der Waals surface area contributed by atoms with Gasteiger partial charge in [-0.25, -0.2) is 18.5 Å². The first-order valence-electron chi connectivity index (χ1n) is 25.4. The summed E-state index contributed by atoms with van der Waals surface area (Å²) in [7, 11) is -16.9. The van der Waals surface area contributed by atoms with Crippen LogP contribution in [0.1, 0.15) is 118 Å². The van der Waals surface area contributed by atoms with E-state index < -0.39 is 108 Å². The molecule has 7 heterocycles. The Balaban J connectivity index is 0.869. The molecule has 0 bridgehead atoms.